The molecule has 24 heavy (non-hydrogen) atoms. The van der Waals surface area contributed by atoms with Gasteiger partial charge in [0.25, 0.3) is 0 Å². The average Bonchev–Trinajstić information content (AvgIpc) is 3.21. The number of aliphatic imine (C=N–C) groups is 1. The number of amidine groups is 1. The monoisotopic (exact) mass is 327 g/mol. The van der Waals surface area contributed by atoms with Crippen LogP contribution in [0.4, 0.5) is 4.39 Å². The van der Waals surface area contributed by atoms with Crippen LogP contribution >= 0.6 is 0 Å². The first-order valence-corrected chi connectivity index (χ1v) is 8.76. The van der Waals surface area contributed by atoms with Crippen molar-refractivity contribution in [1.29, 1.82) is 0 Å². The molecule has 0 radical (unpaired) electrons. The highest BCUT2D eigenvalue weighted by molar-refractivity contribution is 5.91. The van der Waals surface area contributed by atoms with Crippen molar-refractivity contribution >= 4 is 5.84 Å². The Morgan fingerprint density at radius 3 is 2.96 bits per heavy atom. The Hall–Kier alpha value is -2.06. The maximum absolute atomic E-state index is 13.2. The van der Waals surface area contributed by atoms with E-state index in [9.17, 15) is 4.39 Å². The molecule has 1 saturated heterocycles. The lowest BCUT2D eigenvalue weighted by atomic mass is 10.0. The van der Waals surface area contributed by atoms with Gasteiger partial charge in [-0.05, 0) is 55.7 Å². The maximum atomic E-state index is 13.2. The van der Waals surface area contributed by atoms with Crippen LogP contribution in [0.1, 0.15) is 37.2 Å². The summed E-state index contributed by atoms with van der Waals surface area (Å²) in [7, 11) is 0. The van der Waals surface area contributed by atoms with Crippen LogP contribution in [0.5, 0.6) is 0 Å². The van der Waals surface area contributed by atoms with Crippen molar-refractivity contribution in [3.8, 4) is 11.8 Å². The fourth-order valence-corrected chi connectivity index (χ4v) is 3.45. The van der Waals surface area contributed by atoms with E-state index in [4.69, 9.17) is 4.42 Å². The molecule has 4 heterocycles. The molecule has 1 atom stereocenters. The van der Waals surface area contributed by atoms with Gasteiger partial charge >= 0.3 is 0 Å². The van der Waals surface area contributed by atoms with Gasteiger partial charge in [0.2, 0.25) is 0 Å². The molecule has 1 N–H and O–H groups in total. The average molecular weight is 327 g/mol. The molecule has 0 bridgehead atoms. The largest absolute Gasteiger partial charge is 0.451 e. The number of fused-ring (bicyclic) bond motifs is 1. The number of halogens is 1. The van der Waals surface area contributed by atoms with Crippen molar-refractivity contribution < 1.29 is 8.81 Å². The lowest BCUT2D eigenvalue weighted by Gasteiger charge is -2.27. The summed E-state index contributed by atoms with van der Waals surface area (Å²) in [4.78, 5) is 6.73. The Morgan fingerprint density at radius 2 is 2.12 bits per heavy atom. The minimum Gasteiger partial charge on any atom is -0.451 e. The third-order valence-corrected chi connectivity index (χ3v) is 4.82. The van der Waals surface area contributed by atoms with Crippen molar-refractivity contribution in [3.63, 3.8) is 0 Å². The fourth-order valence-electron chi connectivity index (χ4n) is 3.45. The lowest BCUT2D eigenvalue weighted by Crippen LogP contribution is -2.33. The van der Waals surface area contributed by atoms with Gasteiger partial charge < -0.3 is 9.73 Å². The Kier molecular flexibility index (Phi) is 4.40. The summed E-state index contributed by atoms with van der Waals surface area (Å²) in [6.07, 6.45) is 5.07. The second-order valence-corrected chi connectivity index (χ2v) is 6.69. The van der Waals surface area contributed by atoms with Crippen molar-refractivity contribution in [1.82, 2.24) is 10.2 Å². The summed E-state index contributed by atoms with van der Waals surface area (Å²) in [6.45, 7) is 3.23. The summed E-state index contributed by atoms with van der Waals surface area (Å²) in [5, 5.41) is 3.29. The molecule has 126 valence electrons. The molecule has 1 unspecified atom stereocenters. The van der Waals surface area contributed by atoms with E-state index in [1.807, 2.05) is 12.1 Å². The molecule has 1 fully saturated rings. The number of nitrogens with one attached hydrogen (secondary N) is 1. The first-order valence-electron chi connectivity index (χ1n) is 8.76. The molecule has 0 spiro atoms. The molecule has 1 aromatic heterocycles. The van der Waals surface area contributed by atoms with Gasteiger partial charge in [-0.2, -0.15) is 0 Å². The van der Waals surface area contributed by atoms with E-state index >= 15 is 0 Å². The van der Waals surface area contributed by atoms with E-state index < -0.39 is 6.17 Å². The molecule has 4 rings (SSSR count). The molecule has 0 saturated carbocycles. The summed E-state index contributed by atoms with van der Waals surface area (Å²) < 4.78 is 19.0. The second-order valence-electron chi connectivity index (χ2n) is 6.69. The topological polar surface area (TPSA) is 40.8 Å². The smallest absolute Gasteiger partial charge is 0.177 e. The zero-order chi connectivity index (χ0) is 16.4. The highest BCUT2D eigenvalue weighted by Crippen LogP contribution is 2.22. The molecule has 3 aliphatic heterocycles. The second kappa shape index (κ2) is 6.82. The van der Waals surface area contributed by atoms with Crippen LogP contribution in [-0.4, -0.2) is 36.5 Å². The Labute approximate surface area is 141 Å². The summed E-state index contributed by atoms with van der Waals surface area (Å²) in [6, 6.07) is 3.87. The third kappa shape index (κ3) is 3.54. The predicted octanol–water partition coefficient (Wildman–Crippen LogP) is 2.86. The van der Waals surface area contributed by atoms with E-state index in [2.05, 4.69) is 33.1 Å². The minimum atomic E-state index is -0.639. The van der Waals surface area contributed by atoms with E-state index in [-0.39, 0.29) is 0 Å². The van der Waals surface area contributed by atoms with Gasteiger partial charge in [-0.15, -0.1) is 0 Å². The quantitative estimate of drug-likeness (QED) is 0.849. The number of alkyl halides is 1. The Balaban J connectivity index is 1.36. The maximum Gasteiger partial charge on any atom is 0.177 e. The number of hydrogen-bond acceptors (Lipinski definition) is 4. The van der Waals surface area contributed by atoms with Gasteiger partial charge in [-0.25, -0.2) is 4.39 Å². The molecule has 3 aliphatic rings. The van der Waals surface area contributed by atoms with Crippen LogP contribution in [0, 0.1) is 17.8 Å². The number of likely N-dealkylation sites (tertiary alicyclic amines) is 1. The number of hydrogen-bond donors (Lipinski definition) is 1. The summed E-state index contributed by atoms with van der Waals surface area (Å²) in [5.41, 5.74) is 0.920. The van der Waals surface area contributed by atoms with Gasteiger partial charge in [0.15, 0.2) is 5.76 Å². The third-order valence-electron chi connectivity index (χ3n) is 4.82. The van der Waals surface area contributed by atoms with E-state index in [0.717, 1.165) is 56.3 Å². The zero-order valence-corrected chi connectivity index (χ0v) is 13.7. The predicted molar refractivity (Wildman–Crippen MR) is 91.2 cm³/mol. The standard InChI is InChI=1S/C19H22FN3O/c20-15-7-10-23(11-8-15)13-18-6-5-17(24-18)4-3-16-12-14-2-1-9-21-19(14)22-16/h5-6,12,14-15H,1-2,7-11,13H2,(H,21,22). The molecular formula is C19H22FN3O. The molecule has 0 aliphatic carbocycles. The number of allylic oxidation sites excluding steroid dienone is 1. The first-order chi connectivity index (χ1) is 11.8. The van der Waals surface area contributed by atoms with Crippen molar-refractivity contribution in [2.75, 3.05) is 19.6 Å². The number of rotatable bonds is 2. The highest BCUT2D eigenvalue weighted by Gasteiger charge is 2.23. The number of furan rings is 1. The van der Waals surface area contributed by atoms with Crippen LogP contribution in [0.2, 0.25) is 0 Å². The van der Waals surface area contributed by atoms with Gasteiger partial charge in [0, 0.05) is 25.6 Å². The van der Waals surface area contributed by atoms with Crippen LogP contribution in [-0.2, 0) is 6.54 Å². The van der Waals surface area contributed by atoms with Crippen LogP contribution in [0.15, 0.2) is 33.3 Å². The van der Waals surface area contributed by atoms with Crippen molar-refractivity contribution in [2.24, 2.45) is 10.9 Å². The fraction of sp³-hybridized carbons (Fsp3) is 0.526. The number of nitrogens with zero attached hydrogens (tertiary/aromatic N) is 2. The Bertz CT molecular complexity index is 716. The molecule has 0 aromatic carbocycles. The van der Waals surface area contributed by atoms with E-state index in [0.29, 0.717) is 24.5 Å². The summed E-state index contributed by atoms with van der Waals surface area (Å²) in [5.74, 6) is 9.25. The molecular weight excluding hydrogens is 305 g/mol. The zero-order valence-electron chi connectivity index (χ0n) is 13.7. The van der Waals surface area contributed by atoms with E-state index in [1.54, 1.807) is 0 Å². The lowest BCUT2D eigenvalue weighted by molar-refractivity contribution is 0.138. The molecule has 1 aromatic rings. The molecule has 4 nitrogen and oxygen atoms in total. The number of piperidine rings is 1. The van der Waals surface area contributed by atoms with Crippen molar-refractivity contribution in [2.45, 2.75) is 38.4 Å². The normalized spacial score (nSPS) is 24.5. The summed E-state index contributed by atoms with van der Waals surface area (Å²) >= 11 is 0. The van der Waals surface area contributed by atoms with Crippen molar-refractivity contribution in [3.05, 3.63) is 35.4 Å². The molecule has 0 amide bonds. The highest BCUT2D eigenvalue weighted by atomic mass is 19.1. The molecule has 5 heteroatoms. The van der Waals surface area contributed by atoms with Crippen LogP contribution < -0.4 is 5.32 Å². The van der Waals surface area contributed by atoms with Gasteiger partial charge in [0.1, 0.15) is 17.8 Å². The van der Waals surface area contributed by atoms with Crippen LogP contribution in [0.3, 0.4) is 0 Å². The van der Waals surface area contributed by atoms with Gasteiger partial charge in [0.05, 0.1) is 12.2 Å². The first kappa shape index (κ1) is 15.5. The van der Waals surface area contributed by atoms with E-state index in [1.165, 1.54) is 0 Å². The Morgan fingerprint density at radius 1 is 1.25 bits per heavy atom. The van der Waals surface area contributed by atoms with Gasteiger partial charge in [-0.3, -0.25) is 9.89 Å². The minimum absolute atomic E-state index is 0.411. The van der Waals surface area contributed by atoms with Gasteiger partial charge in [-0.1, -0.05) is 0 Å². The van der Waals surface area contributed by atoms with Crippen LogP contribution in [0.25, 0.3) is 0 Å². The SMILES string of the molecule is FC1CCN(Cc2ccc(C#CC3=CC4CCCN=C4N3)o2)CC1.